The summed E-state index contributed by atoms with van der Waals surface area (Å²) in [5.74, 6) is -0.540. The number of hydrogen-bond donors (Lipinski definition) is 1. The molecule has 0 unspecified atom stereocenters. The van der Waals surface area contributed by atoms with Crippen molar-refractivity contribution in [1.82, 2.24) is 10.3 Å². The summed E-state index contributed by atoms with van der Waals surface area (Å²) in [6, 6.07) is 9.36. The fraction of sp³-hybridized carbons (Fsp3) is 0.143. The Morgan fingerprint density at radius 3 is 2.81 bits per heavy atom. The van der Waals surface area contributed by atoms with Gasteiger partial charge in [0.2, 0.25) is 0 Å². The molecule has 108 valence electrons. The van der Waals surface area contributed by atoms with Gasteiger partial charge in [-0.15, -0.1) is 0 Å². The van der Waals surface area contributed by atoms with E-state index in [1.807, 2.05) is 19.1 Å². The number of rotatable bonds is 4. The van der Waals surface area contributed by atoms with Crippen molar-refractivity contribution in [3.63, 3.8) is 0 Å². The smallest absolute Gasteiger partial charge is 0.283 e. The van der Waals surface area contributed by atoms with Crippen LogP contribution in [0.3, 0.4) is 0 Å². The van der Waals surface area contributed by atoms with Gasteiger partial charge in [-0.05, 0) is 31.2 Å². The molecule has 6 nitrogen and oxygen atoms in total. The molecule has 0 fully saturated rings. The van der Waals surface area contributed by atoms with Crippen LogP contribution in [0.25, 0.3) is 0 Å². The molecule has 1 aromatic heterocycles. The van der Waals surface area contributed by atoms with Crippen molar-refractivity contribution >= 4 is 23.2 Å². The van der Waals surface area contributed by atoms with Gasteiger partial charge in [0.15, 0.2) is 0 Å². The van der Waals surface area contributed by atoms with E-state index in [2.05, 4.69) is 10.3 Å². The van der Waals surface area contributed by atoms with Crippen molar-refractivity contribution in [2.75, 3.05) is 0 Å². The molecule has 0 bridgehead atoms. The molecule has 0 atom stereocenters. The molecule has 1 heterocycles. The van der Waals surface area contributed by atoms with Gasteiger partial charge in [0.05, 0.1) is 17.2 Å². The first-order valence-corrected chi connectivity index (χ1v) is 6.50. The molecule has 2 aromatic rings. The van der Waals surface area contributed by atoms with Crippen LogP contribution in [0.1, 0.15) is 21.7 Å². The van der Waals surface area contributed by atoms with Crippen molar-refractivity contribution in [2.45, 2.75) is 13.5 Å². The first kappa shape index (κ1) is 14.9. The summed E-state index contributed by atoms with van der Waals surface area (Å²) >= 11 is 5.71. The Hall–Kier alpha value is -2.47. The lowest BCUT2D eigenvalue weighted by Crippen LogP contribution is -2.24. The minimum absolute atomic E-state index is 0.0305. The summed E-state index contributed by atoms with van der Waals surface area (Å²) < 4.78 is 0. The third-order valence-corrected chi connectivity index (χ3v) is 3.01. The zero-order valence-corrected chi connectivity index (χ0v) is 11.9. The molecule has 7 heteroatoms. The number of benzene rings is 1. The van der Waals surface area contributed by atoms with Gasteiger partial charge in [0.25, 0.3) is 11.6 Å². The predicted molar refractivity (Wildman–Crippen MR) is 78.3 cm³/mol. The molecule has 21 heavy (non-hydrogen) atoms. The Bertz CT molecular complexity index is 704. The van der Waals surface area contributed by atoms with Crippen LogP contribution < -0.4 is 5.32 Å². The summed E-state index contributed by atoms with van der Waals surface area (Å²) in [5, 5.41) is 13.8. The number of nitrogens with zero attached hydrogens (tertiary/aromatic N) is 2. The number of amides is 1. The Morgan fingerprint density at radius 1 is 1.38 bits per heavy atom. The summed E-state index contributed by atoms with van der Waals surface area (Å²) in [6.07, 6.45) is 0. The van der Waals surface area contributed by atoms with Crippen LogP contribution in [0.4, 0.5) is 5.69 Å². The largest absolute Gasteiger partial charge is 0.346 e. The van der Waals surface area contributed by atoms with E-state index in [0.29, 0.717) is 5.69 Å². The number of nitro groups is 1. The second kappa shape index (κ2) is 6.32. The maximum Gasteiger partial charge on any atom is 0.283 e. The average molecular weight is 306 g/mol. The number of halogens is 1. The molecule has 1 amide bonds. The van der Waals surface area contributed by atoms with Crippen molar-refractivity contribution < 1.29 is 9.72 Å². The number of hydrogen-bond acceptors (Lipinski definition) is 4. The summed E-state index contributed by atoms with van der Waals surface area (Å²) in [7, 11) is 0. The number of carbonyl (C=O) groups is 1. The highest BCUT2D eigenvalue weighted by Gasteiger charge is 2.20. The highest BCUT2D eigenvalue weighted by Crippen LogP contribution is 2.23. The second-order valence-electron chi connectivity index (χ2n) is 4.37. The average Bonchev–Trinajstić information content (AvgIpc) is 2.44. The molecular weight excluding hydrogens is 294 g/mol. The Morgan fingerprint density at radius 2 is 2.14 bits per heavy atom. The van der Waals surface area contributed by atoms with Gasteiger partial charge in [-0.1, -0.05) is 17.7 Å². The van der Waals surface area contributed by atoms with Gasteiger partial charge in [0.1, 0.15) is 5.56 Å². The SMILES string of the molecule is Cc1cccc(CNC(=O)c2ccc(Cl)cc2[N+](=O)[O-])n1. The monoisotopic (exact) mass is 305 g/mol. The molecule has 0 radical (unpaired) electrons. The zero-order valence-electron chi connectivity index (χ0n) is 11.2. The third kappa shape index (κ3) is 3.76. The van der Waals surface area contributed by atoms with Crippen LogP contribution in [-0.4, -0.2) is 15.8 Å². The lowest BCUT2D eigenvalue weighted by atomic mass is 10.1. The van der Waals surface area contributed by atoms with Gasteiger partial charge < -0.3 is 5.32 Å². The number of pyridine rings is 1. The number of nitro benzene ring substituents is 1. The molecule has 0 saturated heterocycles. The first-order valence-electron chi connectivity index (χ1n) is 6.12. The van der Waals surface area contributed by atoms with Crippen LogP contribution in [-0.2, 0) is 6.54 Å². The van der Waals surface area contributed by atoms with Crippen molar-refractivity contribution in [3.05, 3.63) is 68.5 Å². The molecule has 0 aliphatic carbocycles. The fourth-order valence-electron chi connectivity index (χ4n) is 1.81. The van der Waals surface area contributed by atoms with Crippen molar-refractivity contribution in [3.8, 4) is 0 Å². The van der Waals surface area contributed by atoms with Crippen molar-refractivity contribution in [2.24, 2.45) is 0 Å². The molecule has 2 rings (SSSR count). The maximum atomic E-state index is 12.1. The second-order valence-corrected chi connectivity index (χ2v) is 4.81. The minimum Gasteiger partial charge on any atom is -0.346 e. The van der Waals surface area contributed by atoms with E-state index in [0.717, 1.165) is 11.8 Å². The Kier molecular flexibility index (Phi) is 4.49. The molecule has 1 N–H and O–H groups in total. The van der Waals surface area contributed by atoms with Gasteiger partial charge >= 0.3 is 0 Å². The Balaban J connectivity index is 2.15. The van der Waals surface area contributed by atoms with E-state index in [4.69, 9.17) is 11.6 Å². The molecule has 0 saturated carbocycles. The normalized spacial score (nSPS) is 10.2. The van der Waals surface area contributed by atoms with Crippen molar-refractivity contribution in [1.29, 1.82) is 0 Å². The van der Waals surface area contributed by atoms with E-state index in [1.165, 1.54) is 12.1 Å². The standard InChI is InChI=1S/C14H12ClN3O3/c1-9-3-2-4-11(17-9)8-16-14(19)12-6-5-10(15)7-13(12)18(20)21/h2-7H,8H2,1H3,(H,16,19). The van der Waals surface area contributed by atoms with E-state index >= 15 is 0 Å². The zero-order chi connectivity index (χ0) is 15.4. The van der Waals surface area contributed by atoms with E-state index in [9.17, 15) is 14.9 Å². The van der Waals surface area contributed by atoms with Gasteiger partial charge in [-0.3, -0.25) is 19.9 Å². The quantitative estimate of drug-likeness (QED) is 0.695. The highest BCUT2D eigenvalue weighted by molar-refractivity contribution is 6.31. The number of nitrogens with one attached hydrogen (secondary N) is 1. The van der Waals surface area contributed by atoms with E-state index < -0.39 is 10.8 Å². The van der Waals surface area contributed by atoms with Gasteiger partial charge in [-0.25, -0.2) is 0 Å². The summed E-state index contributed by atoms with van der Waals surface area (Å²) in [4.78, 5) is 26.6. The third-order valence-electron chi connectivity index (χ3n) is 2.78. The topological polar surface area (TPSA) is 85.1 Å². The van der Waals surface area contributed by atoms with Crippen LogP contribution >= 0.6 is 11.6 Å². The van der Waals surface area contributed by atoms with Crippen LogP contribution in [0.15, 0.2) is 36.4 Å². The van der Waals surface area contributed by atoms with Crippen LogP contribution in [0.5, 0.6) is 0 Å². The maximum absolute atomic E-state index is 12.1. The molecule has 0 spiro atoms. The lowest BCUT2D eigenvalue weighted by molar-refractivity contribution is -0.385. The molecule has 0 aliphatic rings. The van der Waals surface area contributed by atoms with Crippen LogP contribution in [0, 0.1) is 17.0 Å². The van der Waals surface area contributed by atoms with E-state index in [-0.39, 0.29) is 22.8 Å². The molecular formula is C14H12ClN3O3. The van der Waals surface area contributed by atoms with Crippen LogP contribution in [0.2, 0.25) is 5.02 Å². The van der Waals surface area contributed by atoms with Gasteiger partial charge in [-0.2, -0.15) is 0 Å². The Labute approximate surface area is 125 Å². The fourth-order valence-corrected chi connectivity index (χ4v) is 1.98. The molecule has 0 aliphatic heterocycles. The van der Waals surface area contributed by atoms with E-state index in [1.54, 1.807) is 6.07 Å². The highest BCUT2D eigenvalue weighted by atomic mass is 35.5. The first-order chi connectivity index (χ1) is 9.97. The number of aryl methyl sites for hydroxylation is 1. The summed E-state index contributed by atoms with van der Waals surface area (Å²) in [6.45, 7) is 2.04. The number of aromatic nitrogens is 1. The molecule has 1 aromatic carbocycles. The summed E-state index contributed by atoms with van der Waals surface area (Å²) in [5.41, 5.74) is 1.16. The predicted octanol–water partition coefficient (Wildman–Crippen LogP) is 2.88. The van der Waals surface area contributed by atoms with Gasteiger partial charge in [0, 0.05) is 16.8 Å². The lowest BCUT2D eigenvalue weighted by Gasteiger charge is -2.06. The minimum atomic E-state index is -0.633. The number of carbonyl (C=O) groups excluding carboxylic acids is 1.